The molecule has 0 unspecified atom stereocenters. The molecule has 21 heavy (non-hydrogen) atoms. The van der Waals surface area contributed by atoms with Gasteiger partial charge in [-0.05, 0) is 31.7 Å². The van der Waals surface area contributed by atoms with Crippen LogP contribution in [0.25, 0.3) is 0 Å². The van der Waals surface area contributed by atoms with Crippen molar-refractivity contribution < 1.29 is 14.3 Å². The third kappa shape index (κ3) is 3.94. The molecule has 0 bridgehead atoms. The van der Waals surface area contributed by atoms with Crippen LogP contribution in [-0.2, 0) is 4.74 Å². The molecular weight excluding hydrogens is 268 g/mol. The number of amides is 1. The van der Waals surface area contributed by atoms with Crippen LogP contribution in [0.4, 0.5) is 0 Å². The standard InChI is InChI=1S/C16H22N2O3/c19-16(18-13-4-1-2-5-13)12-7-8-15(17-10-12)21-11-14-6-3-9-20-14/h7-8,10,13-14H,1-6,9,11H2,(H,18,19)/t14-/m1/s1. The van der Waals surface area contributed by atoms with E-state index in [-0.39, 0.29) is 12.0 Å². The minimum Gasteiger partial charge on any atom is -0.475 e. The summed E-state index contributed by atoms with van der Waals surface area (Å²) in [6, 6.07) is 3.84. The van der Waals surface area contributed by atoms with Crippen molar-refractivity contribution in [1.82, 2.24) is 10.3 Å². The van der Waals surface area contributed by atoms with Gasteiger partial charge in [-0.15, -0.1) is 0 Å². The quantitative estimate of drug-likeness (QED) is 0.904. The molecule has 1 aliphatic carbocycles. The Morgan fingerprint density at radius 2 is 2.14 bits per heavy atom. The highest BCUT2D eigenvalue weighted by Gasteiger charge is 2.19. The zero-order valence-electron chi connectivity index (χ0n) is 12.2. The van der Waals surface area contributed by atoms with Gasteiger partial charge in [-0.25, -0.2) is 4.98 Å². The van der Waals surface area contributed by atoms with E-state index < -0.39 is 0 Å². The molecule has 1 saturated heterocycles. The van der Waals surface area contributed by atoms with Crippen molar-refractivity contribution >= 4 is 5.91 Å². The van der Waals surface area contributed by atoms with Crippen LogP contribution in [0.3, 0.4) is 0 Å². The molecule has 3 rings (SSSR count). The number of nitrogens with one attached hydrogen (secondary N) is 1. The second kappa shape index (κ2) is 6.89. The van der Waals surface area contributed by atoms with Gasteiger partial charge in [-0.2, -0.15) is 0 Å². The molecule has 1 aromatic rings. The van der Waals surface area contributed by atoms with Crippen molar-refractivity contribution in [3.63, 3.8) is 0 Å². The Morgan fingerprint density at radius 3 is 2.81 bits per heavy atom. The number of rotatable bonds is 5. The van der Waals surface area contributed by atoms with E-state index in [4.69, 9.17) is 9.47 Å². The van der Waals surface area contributed by atoms with Crippen LogP contribution < -0.4 is 10.1 Å². The first-order valence-electron chi connectivity index (χ1n) is 7.82. The zero-order chi connectivity index (χ0) is 14.5. The molecule has 1 amide bonds. The van der Waals surface area contributed by atoms with E-state index >= 15 is 0 Å². The van der Waals surface area contributed by atoms with Crippen LogP contribution in [0.1, 0.15) is 48.9 Å². The van der Waals surface area contributed by atoms with E-state index in [1.54, 1.807) is 18.3 Å². The lowest BCUT2D eigenvalue weighted by atomic mass is 10.2. The van der Waals surface area contributed by atoms with Gasteiger partial charge < -0.3 is 14.8 Å². The predicted octanol–water partition coefficient (Wildman–Crippen LogP) is 2.31. The molecule has 1 aliphatic heterocycles. The lowest BCUT2D eigenvalue weighted by Crippen LogP contribution is -2.32. The Kier molecular flexibility index (Phi) is 4.70. The highest BCUT2D eigenvalue weighted by atomic mass is 16.5. The monoisotopic (exact) mass is 290 g/mol. The Balaban J connectivity index is 1.49. The highest BCUT2D eigenvalue weighted by Crippen LogP contribution is 2.18. The molecule has 1 atom stereocenters. The summed E-state index contributed by atoms with van der Waals surface area (Å²) < 4.78 is 11.1. The lowest BCUT2D eigenvalue weighted by Gasteiger charge is -2.13. The summed E-state index contributed by atoms with van der Waals surface area (Å²) in [5.41, 5.74) is 0.589. The minimum atomic E-state index is -0.0416. The zero-order valence-corrected chi connectivity index (χ0v) is 12.2. The smallest absolute Gasteiger partial charge is 0.253 e. The largest absolute Gasteiger partial charge is 0.475 e. The molecular formula is C16H22N2O3. The molecule has 5 heteroatoms. The third-order valence-electron chi connectivity index (χ3n) is 4.13. The molecule has 2 heterocycles. The van der Waals surface area contributed by atoms with Crippen molar-refractivity contribution in [2.75, 3.05) is 13.2 Å². The van der Waals surface area contributed by atoms with Crippen LogP contribution >= 0.6 is 0 Å². The summed E-state index contributed by atoms with van der Waals surface area (Å²) in [5, 5.41) is 3.05. The van der Waals surface area contributed by atoms with Gasteiger partial charge in [0.1, 0.15) is 6.61 Å². The number of aromatic nitrogens is 1. The predicted molar refractivity (Wildman–Crippen MR) is 78.4 cm³/mol. The first-order chi connectivity index (χ1) is 10.3. The van der Waals surface area contributed by atoms with Gasteiger partial charge >= 0.3 is 0 Å². The summed E-state index contributed by atoms with van der Waals surface area (Å²) in [5.74, 6) is 0.503. The van der Waals surface area contributed by atoms with E-state index in [1.807, 2.05) is 0 Å². The first kappa shape index (κ1) is 14.3. The Labute approximate surface area is 125 Å². The summed E-state index contributed by atoms with van der Waals surface area (Å²) in [6.07, 6.45) is 8.48. The summed E-state index contributed by atoms with van der Waals surface area (Å²) in [7, 11) is 0. The van der Waals surface area contributed by atoms with Crippen LogP contribution in [0.2, 0.25) is 0 Å². The first-order valence-corrected chi connectivity index (χ1v) is 7.82. The number of carbonyl (C=O) groups is 1. The number of nitrogens with zero attached hydrogens (tertiary/aromatic N) is 1. The highest BCUT2D eigenvalue weighted by molar-refractivity contribution is 5.94. The van der Waals surface area contributed by atoms with Crippen molar-refractivity contribution in [3.8, 4) is 5.88 Å². The number of hydrogen-bond acceptors (Lipinski definition) is 4. The van der Waals surface area contributed by atoms with Crippen molar-refractivity contribution in [2.24, 2.45) is 0 Å². The van der Waals surface area contributed by atoms with Crippen LogP contribution in [0.5, 0.6) is 5.88 Å². The Bertz CT molecular complexity index is 463. The molecule has 0 aromatic carbocycles. The molecule has 114 valence electrons. The van der Waals surface area contributed by atoms with Gasteiger partial charge in [0, 0.05) is 24.9 Å². The van der Waals surface area contributed by atoms with Crippen molar-refractivity contribution in [3.05, 3.63) is 23.9 Å². The maximum Gasteiger partial charge on any atom is 0.253 e. The fourth-order valence-corrected chi connectivity index (χ4v) is 2.89. The minimum absolute atomic E-state index is 0.0416. The average Bonchev–Trinajstić information content (AvgIpc) is 3.19. The molecule has 0 spiro atoms. The van der Waals surface area contributed by atoms with Gasteiger partial charge in [-0.3, -0.25) is 4.79 Å². The average molecular weight is 290 g/mol. The molecule has 5 nitrogen and oxygen atoms in total. The summed E-state index contributed by atoms with van der Waals surface area (Å²) >= 11 is 0. The second-order valence-corrected chi connectivity index (χ2v) is 5.79. The molecule has 1 N–H and O–H groups in total. The normalized spacial score (nSPS) is 22.4. The fraction of sp³-hybridized carbons (Fsp3) is 0.625. The number of pyridine rings is 1. The topological polar surface area (TPSA) is 60.5 Å². The Morgan fingerprint density at radius 1 is 1.29 bits per heavy atom. The van der Waals surface area contributed by atoms with Crippen LogP contribution in [0, 0.1) is 0 Å². The van der Waals surface area contributed by atoms with Crippen molar-refractivity contribution in [1.29, 1.82) is 0 Å². The summed E-state index contributed by atoms with van der Waals surface area (Å²) in [4.78, 5) is 16.3. The third-order valence-corrected chi connectivity index (χ3v) is 4.13. The van der Waals surface area contributed by atoms with Gasteiger partial charge in [-0.1, -0.05) is 12.8 Å². The van der Waals surface area contributed by atoms with E-state index in [1.165, 1.54) is 12.8 Å². The number of ether oxygens (including phenoxy) is 2. The SMILES string of the molecule is O=C(NC1CCCC1)c1ccc(OC[C@H]2CCCO2)nc1. The molecule has 0 radical (unpaired) electrons. The Hall–Kier alpha value is -1.62. The number of carbonyl (C=O) groups excluding carboxylic acids is 1. The van der Waals surface area contributed by atoms with Crippen molar-refractivity contribution in [2.45, 2.75) is 50.7 Å². The molecule has 1 aromatic heterocycles. The van der Waals surface area contributed by atoms with Crippen LogP contribution in [-0.4, -0.2) is 36.3 Å². The second-order valence-electron chi connectivity index (χ2n) is 5.79. The fourth-order valence-electron chi connectivity index (χ4n) is 2.89. The van der Waals surface area contributed by atoms with Gasteiger partial charge in [0.15, 0.2) is 0 Å². The van der Waals surface area contributed by atoms with E-state index in [0.717, 1.165) is 32.3 Å². The number of hydrogen-bond donors (Lipinski definition) is 1. The van der Waals surface area contributed by atoms with Gasteiger partial charge in [0.05, 0.1) is 11.7 Å². The van der Waals surface area contributed by atoms with E-state index in [9.17, 15) is 4.79 Å². The van der Waals surface area contributed by atoms with Gasteiger partial charge in [0.25, 0.3) is 5.91 Å². The van der Waals surface area contributed by atoms with Crippen LogP contribution in [0.15, 0.2) is 18.3 Å². The van der Waals surface area contributed by atoms with E-state index in [2.05, 4.69) is 10.3 Å². The maximum atomic E-state index is 12.1. The van der Waals surface area contributed by atoms with E-state index in [0.29, 0.717) is 24.1 Å². The lowest BCUT2D eigenvalue weighted by molar-refractivity contribution is 0.0663. The maximum absolute atomic E-state index is 12.1. The van der Waals surface area contributed by atoms with Gasteiger partial charge in [0.2, 0.25) is 5.88 Å². The summed E-state index contributed by atoms with van der Waals surface area (Å²) in [6.45, 7) is 1.35. The molecule has 2 aliphatic rings. The molecule has 1 saturated carbocycles. The molecule has 2 fully saturated rings.